The maximum atomic E-state index is 5.52. The van der Waals surface area contributed by atoms with Crippen molar-refractivity contribution >= 4 is 11.5 Å². The lowest BCUT2D eigenvalue weighted by Gasteiger charge is -2.20. The van der Waals surface area contributed by atoms with Crippen LogP contribution in [0.4, 0.5) is 11.5 Å². The minimum Gasteiger partial charge on any atom is -0.384 e. The number of pyridine rings is 1. The zero-order valence-corrected chi connectivity index (χ0v) is 9.11. The summed E-state index contributed by atoms with van der Waals surface area (Å²) in [6, 6.07) is 4.44. The number of hydrogen-bond acceptors (Lipinski definition) is 4. The third-order valence-electron chi connectivity index (χ3n) is 3.00. The van der Waals surface area contributed by atoms with Gasteiger partial charge in [-0.15, -0.1) is 0 Å². The van der Waals surface area contributed by atoms with Gasteiger partial charge in [-0.1, -0.05) is 0 Å². The third-order valence-corrected chi connectivity index (χ3v) is 3.00. The number of likely N-dealkylation sites (tertiary alicyclic amines) is 1. The van der Waals surface area contributed by atoms with E-state index in [0.29, 0.717) is 11.9 Å². The highest BCUT2D eigenvalue weighted by Crippen LogP contribution is 2.15. The fraction of sp³-hybridized carbons (Fsp3) is 0.545. The first kappa shape index (κ1) is 10.2. The Morgan fingerprint density at radius 1 is 1.60 bits per heavy atom. The standard InChI is InChI=1S/C11H18N4/c1-15-6-2-3-10(15)8-13-9-4-5-11(12)14-7-9/h4-5,7,10,13H,2-3,6,8H2,1H3,(H2,12,14). The highest BCUT2D eigenvalue weighted by molar-refractivity contribution is 5.45. The van der Waals surface area contributed by atoms with Crippen LogP contribution in [0, 0.1) is 0 Å². The van der Waals surface area contributed by atoms with E-state index >= 15 is 0 Å². The molecule has 1 aliphatic rings. The normalized spacial score (nSPS) is 21.8. The Labute approximate surface area is 90.5 Å². The van der Waals surface area contributed by atoms with Gasteiger partial charge in [0.15, 0.2) is 0 Å². The molecule has 0 aromatic carbocycles. The fourth-order valence-corrected chi connectivity index (χ4v) is 1.98. The average molecular weight is 206 g/mol. The van der Waals surface area contributed by atoms with E-state index in [0.717, 1.165) is 12.2 Å². The van der Waals surface area contributed by atoms with E-state index in [1.54, 1.807) is 6.20 Å². The Bertz CT molecular complexity index is 309. The number of rotatable bonds is 3. The molecular formula is C11H18N4. The minimum absolute atomic E-state index is 0.568. The van der Waals surface area contributed by atoms with Crippen molar-refractivity contribution < 1.29 is 0 Å². The van der Waals surface area contributed by atoms with Crippen LogP contribution in [0.25, 0.3) is 0 Å². The predicted molar refractivity (Wildman–Crippen MR) is 62.8 cm³/mol. The highest BCUT2D eigenvalue weighted by Gasteiger charge is 2.19. The topological polar surface area (TPSA) is 54.2 Å². The molecule has 3 N–H and O–H groups in total. The molecule has 1 unspecified atom stereocenters. The van der Waals surface area contributed by atoms with Gasteiger partial charge in [-0.05, 0) is 38.6 Å². The van der Waals surface area contributed by atoms with Crippen LogP contribution in [0.3, 0.4) is 0 Å². The van der Waals surface area contributed by atoms with Crippen molar-refractivity contribution in [1.82, 2.24) is 9.88 Å². The summed E-state index contributed by atoms with van der Waals surface area (Å²) >= 11 is 0. The molecule has 0 saturated carbocycles. The molecule has 0 aliphatic carbocycles. The Morgan fingerprint density at radius 2 is 2.47 bits per heavy atom. The molecule has 2 rings (SSSR count). The quantitative estimate of drug-likeness (QED) is 0.779. The zero-order chi connectivity index (χ0) is 10.7. The van der Waals surface area contributed by atoms with E-state index in [1.807, 2.05) is 12.1 Å². The largest absolute Gasteiger partial charge is 0.384 e. The number of aromatic nitrogens is 1. The van der Waals surface area contributed by atoms with Gasteiger partial charge >= 0.3 is 0 Å². The fourth-order valence-electron chi connectivity index (χ4n) is 1.98. The second-order valence-electron chi connectivity index (χ2n) is 4.13. The lowest BCUT2D eigenvalue weighted by atomic mass is 10.2. The molecule has 0 amide bonds. The van der Waals surface area contributed by atoms with Crippen LogP contribution in [-0.2, 0) is 0 Å². The van der Waals surface area contributed by atoms with E-state index in [-0.39, 0.29) is 0 Å². The molecule has 1 fully saturated rings. The van der Waals surface area contributed by atoms with E-state index in [4.69, 9.17) is 5.73 Å². The molecular weight excluding hydrogens is 188 g/mol. The molecule has 1 atom stereocenters. The maximum absolute atomic E-state index is 5.52. The summed E-state index contributed by atoms with van der Waals surface area (Å²) in [5, 5.41) is 3.38. The number of nitrogen functional groups attached to an aromatic ring is 1. The number of nitrogens with one attached hydrogen (secondary N) is 1. The summed E-state index contributed by atoms with van der Waals surface area (Å²) < 4.78 is 0. The SMILES string of the molecule is CN1CCCC1CNc1ccc(N)nc1. The highest BCUT2D eigenvalue weighted by atomic mass is 15.2. The van der Waals surface area contributed by atoms with Crippen molar-refractivity contribution in [2.45, 2.75) is 18.9 Å². The van der Waals surface area contributed by atoms with Crippen molar-refractivity contribution in [2.75, 3.05) is 31.2 Å². The molecule has 82 valence electrons. The molecule has 1 aliphatic heterocycles. The van der Waals surface area contributed by atoms with Crippen LogP contribution in [0.5, 0.6) is 0 Å². The van der Waals surface area contributed by atoms with Gasteiger partial charge in [-0.3, -0.25) is 0 Å². The van der Waals surface area contributed by atoms with Crippen LogP contribution in [0.1, 0.15) is 12.8 Å². The van der Waals surface area contributed by atoms with Gasteiger partial charge in [-0.2, -0.15) is 0 Å². The van der Waals surface area contributed by atoms with Crippen molar-refractivity contribution in [3.63, 3.8) is 0 Å². The lowest BCUT2D eigenvalue weighted by Crippen LogP contribution is -2.31. The first-order valence-corrected chi connectivity index (χ1v) is 5.41. The van der Waals surface area contributed by atoms with E-state index < -0.39 is 0 Å². The van der Waals surface area contributed by atoms with E-state index in [2.05, 4.69) is 22.2 Å². The smallest absolute Gasteiger partial charge is 0.123 e. The minimum atomic E-state index is 0.568. The summed E-state index contributed by atoms with van der Waals surface area (Å²) in [5.41, 5.74) is 6.57. The van der Waals surface area contributed by atoms with Crippen LogP contribution < -0.4 is 11.1 Å². The van der Waals surface area contributed by atoms with Gasteiger partial charge in [0.1, 0.15) is 5.82 Å². The molecule has 0 bridgehead atoms. The Kier molecular flexibility index (Phi) is 3.06. The van der Waals surface area contributed by atoms with Gasteiger partial charge < -0.3 is 16.0 Å². The molecule has 4 nitrogen and oxygen atoms in total. The maximum Gasteiger partial charge on any atom is 0.123 e. The van der Waals surface area contributed by atoms with Crippen molar-refractivity contribution in [2.24, 2.45) is 0 Å². The number of hydrogen-bond donors (Lipinski definition) is 2. The summed E-state index contributed by atoms with van der Waals surface area (Å²) in [7, 11) is 2.18. The lowest BCUT2D eigenvalue weighted by molar-refractivity contribution is 0.322. The van der Waals surface area contributed by atoms with Gasteiger partial charge in [0.25, 0.3) is 0 Å². The molecule has 4 heteroatoms. The molecule has 2 heterocycles. The van der Waals surface area contributed by atoms with Gasteiger partial charge in [0.2, 0.25) is 0 Å². The molecule has 15 heavy (non-hydrogen) atoms. The van der Waals surface area contributed by atoms with Crippen LogP contribution in [0.15, 0.2) is 18.3 Å². The third kappa shape index (κ3) is 2.59. The van der Waals surface area contributed by atoms with E-state index in [1.165, 1.54) is 19.4 Å². The first-order valence-electron chi connectivity index (χ1n) is 5.41. The van der Waals surface area contributed by atoms with Crippen molar-refractivity contribution in [3.05, 3.63) is 18.3 Å². The van der Waals surface area contributed by atoms with Crippen molar-refractivity contribution in [3.8, 4) is 0 Å². The molecule has 1 aromatic rings. The van der Waals surface area contributed by atoms with Crippen molar-refractivity contribution in [1.29, 1.82) is 0 Å². The van der Waals surface area contributed by atoms with Gasteiger partial charge in [0.05, 0.1) is 11.9 Å². The number of nitrogens with zero attached hydrogens (tertiary/aromatic N) is 2. The molecule has 1 aromatic heterocycles. The number of anilines is 2. The summed E-state index contributed by atoms with van der Waals surface area (Å²) in [5.74, 6) is 0.568. The molecule has 0 radical (unpaired) electrons. The predicted octanol–water partition coefficient (Wildman–Crippen LogP) is 1.17. The summed E-state index contributed by atoms with van der Waals surface area (Å²) in [4.78, 5) is 6.45. The summed E-state index contributed by atoms with van der Waals surface area (Å²) in [6.07, 6.45) is 4.37. The number of nitrogens with two attached hydrogens (primary N) is 1. The van der Waals surface area contributed by atoms with Gasteiger partial charge in [0, 0.05) is 12.6 Å². The summed E-state index contributed by atoms with van der Waals surface area (Å²) in [6.45, 7) is 2.20. The van der Waals surface area contributed by atoms with Crippen LogP contribution in [-0.4, -0.2) is 36.1 Å². The second kappa shape index (κ2) is 4.49. The van der Waals surface area contributed by atoms with Gasteiger partial charge in [-0.25, -0.2) is 4.98 Å². The van der Waals surface area contributed by atoms with Crippen LogP contribution in [0.2, 0.25) is 0 Å². The second-order valence-corrected chi connectivity index (χ2v) is 4.13. The first-order chi connectivity index (χ1) is 7.25. The Hall–Kier alpha value is -1.29. The zero-order valence-electron chi connectivity index (χ0n) is 9.11. The Balaban J connectivity index is 1.85. The average Bonchev–Trinajstić information content (AvgIpc) is 2.63. The molecule has 0 spiro atoms. The molecule has 1 saturated heterocycles. The van der Waals surface area contributed by atoms with Crippen LogP contribution >= 0.6 is 0 Å². The number of likely N-dealkylation sites (N-methyl/N-ethyl adjacent to an activating group) is 1. The van der Waals surface area contributed by atoms with E-state index in [9.17, 15) is 0 Å². The monoisotopic (exact) mass is 206 g/mol. The Morgan fingerprint density at radius 3 is 3.07 bits per heavy atom.